The third-order valence-electron chi connectivity index (χ3n) is 6.86. The van der Waals surface area contributed by atoms with Gasteiger partial charge in [0, 0.05) is 29.5 Å². The molecule has 0 N–H and O–H groups in total. The van der Waals surface area contributed by atoms with Crippen LogP contribution in [0.5, 0.6) is 0 Å². The Kier molecular flexibility index (Phi) is 5.08. The lowest BCUT2D eigenvalue weighted by atomic mass is 9.94. The maximum atomic E-state index is 6.09. The monoisotopic (exact) mass is 472 g/mol. The highest BCUT2D eigenvalue weighted by Crippen LogP contribution is 2.36. The fraction of sp³-hybridized carbons (Fsp3) is 0.188. The number of hydrogen-bond acceptors (Lipinski definition) is 2. The molecule has 4 heteroatoms. The van der Waals surface area contributed by atoms with E-state index in [0.717, 1.165) is 33.3 Å². The van der Waals surface area contributed by atoms with E-state index in [1.807, 2.05) is 6.07 Å². The van der Waals surface area contributed by atoms with E-state index in [1.54, 1.807) is 6.20 Å². The molecule has 0 saturated heterocycles. The normalized spacial score (nSPS) is 12.0. The van der Waals surface area contributed by atoms with Crippen LogP contribution in [0.15, 0.2) is 95.5 Å². The number of aromatic nitrogens is 3. The summed E-state index contributed by atoms with van der Waals surface area (Å²) in [6.45, 7) is 11.3. The second-order valence-corrected chi connectivity index (χ2v) is 10.5. The Hall–Kier alpha value is -4.18. The molecule has 178 valence electrons. The summed E-state index contributed by atoms with van der Waals surface area (Å²) in [5.41, 5.74) is 8.45. The molecular weight excluding hydrogens is 442 g/mol. The lowest BCUT2D eigenvalue weighted by Gasteiger charge is -2.18. The molecular formula is C32H30N3O+. The highest BCUT2D eigenvalue weighted by Gasteiger charge is 2.39. The van der Waals surface area contributed by atoms with Crippen molar-refractivity contribution in [3.8, 4) is 22.6 Å². The molecule has 0 radical (unpaired) electrons. The molecule has 0 unspecified atom stereocenters. The van der Waals surface area contributed by atoms with Gasteiger partial charge in [0.15, 0.2) is 11.4 Å². The van der Waals surface area contributed by atoms with E-state index in [2.05, 4.69) is 128 Å². The van der Waals surface area contributed by atoms with Gasteiger partial charge in [0.1, 0.15) is 17.0 Å². The van der Waals surface area contributed by atoms with Gasteiger partial charge in [-0.1, -0.05) is 48.5 Å². The Bertz CT molecular complexity index is 1720. The molecule has 0 amide bonds. The fourth-order valence-electron chi connectivity index (χ4n) is 5.35. The molecule has 0 saturated carbocycles. The molecule has 36 heavy (non-hydrogen) atoms. The average Bonchev–Trinajstić information content (AvgIpc) is 3.39. The van der Waals surface area contributed by atoms with Crippen LogP contribution in [0.3, 0.4) is 0 Å². The van der Waals surface area contributed by atoms with E-state index in [4.69, 9.17) is 4.42 Å². The van der Waals surface area contributed by atoms with Crippen LogP contribution in [0.25, 0.3) is 44.7 Å². The predicted molar refractivity (Wildman–Crippen MR) is 146 cm³/mol. The average molecular weight is 473 g/mol. The van der Waals surface area contributed by atoms with Crippen molar-refractivity contribution in [2.24, 2.45) is 0 Å². The maximum absolute atomic E-state index is 6.09. The first kappa shape index (κ1) is 22.3. The summed E-state index contributed by atoms with van der Waals surface area (Å²) in [7, 11) is 0. The van der Waals surface area contributed by atoms with Crippen molar-refractivity contribution in [2.75, 3.05) is 0 Å². The Morgan fingerprint density at radius 3 is 2.19 bits per heavy atom. The van der Waals surface area contributed by atoms with Crippen molar-refractivity contribution < 1.29 is 8.98 Å². The molecule has 0 aliphatic rings. The fourth-order valence-corrected chi connectivity index (χ4v) is 5.35. The van der Waals surface area contributed by atoms with Gasteiger partial charge in [-0.15, -0.1) is 0 Å². The zero-order valence-corrected chi connectivity index (χ0v) is 21.4. The van der Waals surface area contributed by atoms with Crippen LogP contribution in [0.4, 0.5) is 0 Å². The van der Waals surface area contributed by atoms with Crippen LogP contribution in [-0.2, 0) is 5.41 Å². The smallest absolute Gasteiger partial charge is 0.273 e. The molecule has 0 fully saturated rings. The van der Waals surface area contributed by atoms with Crippen LogP contribution in [-0.4, -0.2) is 9.55 Å². The lowest BCUT2D eigenvalue weighted by Crippen LogP contribution is -2.43. The number of aryl methyl sites for hydroxylation is 1. The predicted octanol–water partition coefficient (Wildman–Crippen LogP) is 7.63. The minimum Gasteiger partial charge on any atom is -0.438 e. The number of imidazole rings is 1. The molecule has 0 aliphatic heterocycles. The highest BCUT2D eigenvalue weighted by atomic mass is 16.3. The first-order valence-electron chi connectivity index (χ1n) is 12.4. The molecule has 0 bridgehead atoms. The first-order chi connectivity index (χ1) is 17.3. The largest absolute Gasteiger partial charge is 0.438 e. The van der Waals surface area contributed by atoms with Crippen molar-refractivity contribution in [1.29, 1.82) is 0 Å². The second kappa shape index (κ2) is 8.20. The molecule has 6 rings (SSSR count). The van der Waals surface area contributed by atoms with Crippen molar-refractivity contribution in [3.63, 3.8) is 0 Å². The maximum Gasteiger partial charge on any atom is 0.273 e. The van der Waals surface area contributed by atoms with Gasteiger partial charge >= 0.3 is 0 Å². The molecule has 3 heterocycles. The summed E-state index contributed by atoms with van der Waals surface area (Å²) in [4.78, 5) is 4.44. The zero-order chi connectivity index (χ0) is 25.0. The number of furan rings is 1. The highest BCUT2D eigenvalue weighted by molar-refractivity contribution is 6.04. The Labute approximate surface area is 211 Å². The van der Waals surface area contributed by atoms with E-state index in [9.17, 15) is 0 Å². The summed E-state index contributed by atoms with van der Waals surface area (Å²) in [5.74, 6) is 1.22. The van der Waals surface area contributed by atoms with Gasteiger partial charge < -0.3 is 4.42 Å². The first-order valence-corrected chi connectivity index (χ1v) is 12.4. The minimum atomic E-state index is -0.144. The number of rotatable bonds is 3. The number of nitrogens with zero attached hydrogens (tertiary/aromatic N) is 3. The van der Waals surface area contributed by atoms with E-state index in [-0.39, 0.29) is 5.41 Å². The third-order valence-corrected chi connectivity index (χ3v) is 6.86. The van der Waals surface area contributed by atoms with E-state index in [0.29, 0.717) is 5.71 Å². The van der Waals surface area contributed by atoms with Crippen molar-refractivity contribution >= 4 is 22.1 Å². The summed E-state index contributed by atoms with van der Waals surface area (Å²) in [6.07, 6.45) is 1.78. The van der Waals surface area contributed by atoms with Gasteiger partial charge in [0.25, 0.3) is 5.82 Å². The molecule has 4 nitrogen and oxygen atoms in total. The quantitative estimate of drug-likeness (QED) is 0.248. The number of fused-ring (bicyclic) bond motifs is 3. The molecule has 0 aliphatic carbocycles. The van der Waals surface area contributed by atoms with Gasteiger partial charge in [-0.2, -0.15) is 9.13 Å². The Morgan fingerprint density at radius 1 is 0.806 bits per heavy atom. The number of pyridine rings is 1. The van der Waals surface area contributed by atoms with Crippen LogP contribution in [0.1, 0.15) is 37.9 Å². The van der Waals surface area contributed by atoms with Crippen LogP contribution in [0, 0.1) is 13.8 Å². The summed E-state index contributed by atoms with van der Waals surface area (Å²) in [6, 6.07) is 29.8. The Morgan fingerprint density at radius 2 is 1.50 bits per heavy atom. The van der Waals surface area contributed by atoms with Crippen LogP contribution in [0.2, 0.25) is 0 Å². The number of para-hydroxylation sites is 1. The van der Waals surface area contributed by atoms with Crippen molar-refractivity contribution in [3.05, 3.63) is 108 Å². The molecule has 6 aromatic rings. The van der Waals surface area contributed by atoms with Crippen LogP contribution >= 0.6 is 0 Å². The van der Waals surface area contributed by atoms with Gasteiger partial charge in [0.2, 0.25) is 5.71 Å². The van der Waals surface area contributed by atoms with E-state index in [1.165, 1.54) is 22.8 Å². The molecule has 3 aromatic carbocycles. The summed E-state index contributed by atoms with van der Waals surface area (Å²) < 4.78 is 11.0. The molecule has 3 aromatic heterocycles. The molecule has 0 spiro atoms. The third kappa shape index (κ3) is 3.44. The Balaban J connectivity index is 1.76. The lowest BCUT2D eigenvalue weighted by molar-refractivity contribution is -0.614. The van der Waals surface area contributed by atoms with Crippen molar-refractivity contribution in [1.82, 2.24) is 9.55 Å². The number of benzene rings is 3. The molecule has 0 atom stereocenters. The van der Waals surface area contributed by atoms with Gasteiger partial charge in [0.05, 0.1) is 5.41 Å². The topological polar surface area (TPSA) is 34.8 Å². The van der Waals surface area contributed by atoms with Gasteiger partial charge in [-0.3, -0.25) is 0 Å². The number of hydrogen-bond donors (Lipinski definition) is 0. The van der Waals surface area contributed by atoms with Gasteiger partial charge in [-0.05, 0) is 69.7 Å². The van der Waals surface area contributed by atoms with E-state index >= 15 is 0 Å². The second-order valence-electron chi connectivity index (χ2n) is 10.5. The van der Waals surface area contributed by atoms with Gasteiger partial charge in [-0.25, -0.2) is 4.98 Å². The minimum absolute atomic E-state index is 0.144. The van der Waals surface area contributed by atoms with Crippen molar-refractivity contribution in [2.45, 2.75) is 40.0 Å². The van der Waals surface area contributed by atoms with Crippen LogP contribution < -0.4 is 4.57 Å². The van der Waals surface area contributed by atoms with E-state index < -0.39 is 0 Å². The summed E-state index contributed by atoms with van der Waals surface area (Å²) in [5, 5.41) is 2.12. The zero-order valence-electron chi connectivity index (χ0n) is 21.4. The summed E-state index contributed by atoms with van der Waals surface area (Å²) >= 11 is 0. The SMILES string of the molecule is Cc1cc2oc3ncccc3c2cc1-[n+]1c(C)c(-c2ccccc2)n(-c2ccccc2)c1C(C)(C)C. The standard InChI is InChI=1S/C32H30N3O/c1-21-19-28-26(25-17-12-18-33-30(25)36-28)20-27(21)34-22(2)29(23-13-8-6-9-14-23)35(31(34)32(3,4)5)24-15-10-7-11-16-24/h6-20H,1-5H3/q+1.